The maximum atomic E-state index is 11.5. The Bertz CT molecular complexity index is 354. The molecule has 0 fully saturated rings. The number of furan rings is 1. The second-order valence-electron chi connectivity index (χ2n) is 3.55. The molecule has 0 aliphatic rings. The van der Waals surface area contributed by atoms with E-state index in [1.165, 1.54) is 19.4 Å². The quantitative estimate of drug-likeness (QED) is 0.756. The van der Waals surface area contributed by atoms with Crippen molar-refractivity contribution in [3.63, 3.8) is 0 Å². The normalized spacial score (nSPS) is 10.9. The summed E-state index contributed by atoms with van der Waals surface area (Å²) < 4.78 is 9.44. The van der Waals surface area contributed by atoms with E-state index in [1.54, 1.807) is 19.9 Å². The zero-order chi connectivity index (χ0) is 11.5. The van der Waals surface area contributed by atoms with Gasteiger partial charge in [0.15, 0.2) is 5.76 Å². The molecule has 1 aromatic heterocycles. The predicted octanol–water partition coefficient (Wildman–Crippen LogP) is 0.961. The lowest BCUT2D eigenvalue weighted by Crippen LogP contribution is -2.50. The molecule has 0 aliphatic heterocycles. The molecule has 5 heteroatoms. The maximum absolute atomic E-state index is 11.5. The average Bonchev–Trinajstić information content (AvgIpc) is 2.68. The van der Waals surface area contributed by atoms with E-state index >= 15 is 0 Å². The van der Waals surface area contributed by atoms with Gasteiger partial charge in [0.1, 0.15) is 5.54 Å². The standard InChI is InChI=1S/C10H13NO4/c1-10(2,9(13)14-3)11-8(12)7-5-4-6-15-7/h4-6H,1-3H3,(H,11,12). The van der Waals surface area contributed by atoms with Crippen molar-refractivity contribution in [2.24, 2.45) is 0 Å². The minimum Gasteiger partial charge on any atom is -0.467 e. The Kier molecular flexibility index (Phi) is 3.14. The largest absolute Gasteiger partial charge is 0.467 e. The number of carbonyl (C=O) groups is 2. The van der Waals surface area contributed by atoms with Crippen molar-refractivity contribution in [1.29, 1.82) is 0 Å². The third-order valence-corrected chi connectivity index (χ3v) is 1.87. The van der Waals surface area contributed by atoms with Gasteiger partial charge in [-0.1, -0.05) is 0 Å². The number of hydrogen-bond acceptors (Lipinski definition) is 4. The number of hydrogen-bond donors (Lipinski definition) is 1. The van der Waals surface area contributed by atoms with Crippen molar-refractivity contribution in [1.82, 2.24) is 5.32 Å². The molecule has 15 heavy (non-hydrogen) atoms. The molecule has 0 aliphatic carbocycles. The van der Waals surface area contributed by atoms with Crippen LogP contribution in [0.25, 0.3) is 0 Å². The predicted molar refractivity (Wildman–Crippen MR) is 52.3 cm³/mol. The van der Waals surface area contributed by atoms with E-state index in [9.17, 15) is 9.59 Å². The van der Waals surface area contributed by atoms with Crippen LogP contribution in [-0.4, -0.2) is 24.5 Å². The summed E-state index contributed by atoms with van der Waals surface area (Å²) in [5.41, 5.74) is -1.07. The van der Waals surface area contributed by atoms with E-state index in [0.29, 0.717) is 0 Å². The number of rotatable bonds is 3. The lowest BCUT2D eigenvalue weighted by molar-refractivity contribution is -0.146. The number of esters is 1. The highest BCUT2D eigenvalue weighted by Crippen LogP contribution is 2.07. The molecule has 0 unspecified atom stereocenters. The lowest BCUT2D eigenvalue weighted by atomic mass is 10.1. The molecule has 0 radical (unpaired) electrons. The van der Waals surface area contributed by atoms with Crippen LogP contribution >= 0.6 is 0 Å². The van der Waals surface area contributed by atoms with E-state index in [4.69, 9.17) is 4.42 Å². The lowest BCUT2D eigenvalue weighted by Gasteiger charge is -2.22. The zero-order valence-corrected chi connectivity index (χ0v) is 8.87. The van der Waals surface area contributed by atoms with Gasteiger partial charge in [-0.15, -0.1) is 0 Å². The summed E-state index contributed by atoms with van der Waals surface area (Å²) in [5.74, 6) is -0.801. The van der Waals surface area contributed by atoms with Crippen LogP contribution < -0.4 is 5.32 Å². The number of methoxy groups -OCH3 is 1. The highest BCUT2D eigenvalue weighted by Gasteiger charge is 2.31. The molecule has 82 valence electrons. The van der Waals surface area contributed by atoms with Crippen molar-refractivity contribution in [3.8, 4) is 0 Å². The van der Waals surface area contributed by atoms with E-state index in [2.05, 4.69) is 10.1 Å². The molecule has 0 saturated heterocycles. The third kappa shape index (κ3) is 2.59. The zero-order valence-electron chi connectivity index (χ0n) is 8.87. The fourth-order valence-corrected chi connectivity index (χ4v) is 1.06. The summed E-state index contributed by atoms with van der Waals surface area (Å²) >= 11 is 0. The number of nitrogens with one attached hydrogen (secondary N) is 1. The fraction of sp³-hybridized carbons (Fsp3) is 0.400. The van der Waals surface area contributed by atoms with Gasteiger partial charge in [0, 0.05) is 0 Å². The first-order valence-corrected chi connectivity index (χ1v) is 4.42. The summed E-state index contributed by atoms with van der Waals surface area (Å²) in [5, 5.41) is 2.50. The fourth-order valence-electron chi connectivity index (χ4n) is 1.06. The number of ether oxygens (including phenoxy) is 1. The first-order valence-electron chi connectivity index (χ1n) is 4.42. The topological polar surface area (TPSA) is 68.5 Å². The van der Waals surface area contributed by atoms with E-state index in [1.807, 2.05) is 0 Å². The average molecular weight is 211 g/mol. The van der Waals surface area contributed by atoms with Gasteiger partial charge in [-0.3, -0.25) is 4.79 Å². The van der Waals surface area contributed by atoms with Gasteiger partial charge in [-0.05, 0) is 26.0 Å². The second kappa shape index (κ2) is 4.16. The Morgan fingerprint density at radius 3 is 2.60 bits per heavy atom. The minimum absolute atomic E-state index is 0.159. The molecule has 1 rings (SSSR count). The number of carbonyl (C=O) groups excluding carboxylic acids is 2. The van der Waals surface area contributed by atoms with Gasteiger partial charge >= 0.3 is 5.97 Å². The van der Waals surface area contributed by atoms with Crippen molar-refractivity contribution in [2.75, 3.05) is 7.11 Å². The molecule has 1 N–H and O–H groups in total. The van der Waals surface area contributed by atoms with Crippen LogP contribution in [0, 0.1) is 0 Å². The Labute approximate surface area is 87.4 Å². The van der Waals surface area contributed by atoms with Crippen molar-refractivity contribution >= 4 is 11.9 Å². The SMILES string of the molecule is COC(=O)C(C)(C)NC(=O)c1ccco1. The first-order chi connectivity index (χ1) is 6.97. The van der Waals surface area contributed by atoms with Crippen molar-refractivity contribution in [2.45, 2.75) is 19.4 Å². The summed E-state index contributed by atoms with van der Waals surface area (Å²) in [6.07, 6.45) is 1.39. The summed E-state index contributed by atoms with van der Waals surface area (Å²) in [4.78, 5) is 22.8. The monoisotopic (exact) mass is 211 g/mol. The summed E-state index contributed by atoms with van der Waals surface area (Å²) in [6, 6.07) is 3.11. The van der Waals surface area contributed by atoms with E-state index in [-0.39, 0.29) is 5.76 Å². The van der Waals surface area contributed by atoms with Gasteiger partial charge in [0.05, 0.1) is 13.4 Å². The van der Waals surface area contributed by atoms with Crippen LogP contribution in [0.4, 0.5) is 0 Å². The van der Waals surface area contributed by atoms with E-state index < -0.39 is 17.4 Å². The number of amides is 1. The Balaban J connectivity index is 2.70. The molecule has 1 heterocycles. The minimum atomic E-state index is -1.07. The molecular formula is C10H13NO4. The van der Waals surface area contributed by atoms with Gasteiger partial charge in [0.2, 0.25) is 0 Å². The molecule has 0 bridgehead atoms. The third-order valence-electron chi connectivity index (χ3n) is 1.87. The summed E-state index contributed by atoms with van der Waals surface area (Å²) in [6.45, 7) is 3.11. The van der Waals surface area contributed by atoms with Crippen LogP contribution in [0.2, 0.25) is 0 Å². The molecule has 0 spiro atoms. The highest BCUT2D eigenvalue weighted by atomic mass is 16.5. The molecule has 0 aromatic carbocycles. The van der Waals surface area contributed by atoms with Crippen LogP contribution in [0.15, 0.2) is 22.8 Å². The van der Waals surface area contributed by atoms with Crippen molar-refractivity contribution < 1.29 is 18.7 Å². The molecule has 0 atom stereocenters. The maximum Gasteiger partial charge on any atom is 0.330 e. The Morgan fingerprint density at radius 2 is 2.13 bits per heavy atom. The Morgan fingerprint density at radius 1 is 1.47 bits per heavy atom. The van der Waals surface area contributed by atoms with Gasteiger partial charge in [-0.25, -0.2) is 4.79 Å². The summed E-state index contributed by atoms with van der Waals surface area (Å²) in [7, 11) is 1.27. The van der Waals surface area contributed by atoms with Gasteiger partial charge in [-0.2, -0.15) is 0 Å². The van der Waals surface area contributed by atoms with Crippen LogP contribution in [0.3, 0.4) is 0 Å². The highest BCUT2D eigenvalue weighted by molar-refractivity contribution is 5.95. The second-order valence-corrected chi connectivity index (χ2v) is 3.55. The molecule has 1 aromatic rings. The van der Waals surface area contributed by atoms with Crippen LogP contribution in [-0.2, 0) is 9.53 Å². The molecule has 1 amide bonds. The van der Waals surface area contributed by atoms with Crippen molar-refractivity contribution in [3.05, 3.63) is 24.2 Å². The molecule has 5 nitrogen and oxygen atoms in total. The molecule has 0 saturated carbocycles. The molecular weight excluding hydrogens is 198 g/mol. The Hall–Kier alpha value is -1.78. The van der Waals surface area contributed by atoms with Crippen LogP contribution in [0.5, 0.6) is 0 Å². The first kappa shape index (κ1) is 11.3. The van der Waals surface area contributed by atoms with Crippen LogP contribution in [0.1, 0.15) is 24.4 Å². The van der Waals surface area contributed by atoms with Gasteiger partial charge < -0.3 is 14.5 Å². The van der Waals surface area contributed by atoms with E-state index in [0.717, 1.165) is 0 Å². The van der Waals surface area contributed by atoms with Gasteiger partial charge in [0.25, 0.3) is 5.91 Å². The smallest absolute Gasteiger partial charge is 0.330 e.